The van der Waals surface area contributed by atoms with Gasteiger partial charge in [0.15, 0.2) is 0 Å². The quantitative estimate of drug-likeness (QED) is 0.590. The summed E-state index contributed by atoms with van der Waals surface area (Å²) in [5.74, 6) is 0.0641. The number of aromatic nitrogens is 2. The third kappa shape index (κ3) is 3.73. The number of anilines is 1. The highest BCUT2D eigenvalue weighted by molar-refractivity contribution is 6.04. The van der Waals surface area contributed by atoms with Crippen LogP contribution in [0.25, 0.3) is 16.6 Å². The van der Waals surface area contributed by atoms with Crippen LogP contribution in [-0.2, 0) is 4.79 Å². The van der Waals surface area contributed by atoms with Crippen molar-refractivity contribution >= 4 is 28.5 Å². The molecule has 0 unspecified atom stereocenters. The van der Waals surface area contributed by atoms with Crippen LogP contribution in [0.5, 0.6) is 0 Å². The number of benzene rings is 2. The lowest BCUT2D eigenvalue weighted by Gasteiger charge is -2.29. The van der Waals surface area contributed by atoms with Crippen molar-refractivity contribution in [1.82, 2.24) is 19.6 Å². The molecule has 7 nitrogen and oxygen atoms in total. The second kappa shape index (κ2) is 8.50. The van der Waals surface area contributed by atoms with Gasteiger partial charge in [-0.3, -0.25) is 9.69 Å². The summed E-state index contributed by atoms with van der Waals surface area (Å²) in [7, 11) is 0. The Balaban J connectivity index is 1.38. The van der Waals surface area contributed by atoms with Crippen molar-refractivity contribution in [2.45, 2.75) is 32.7 Å². The van der Waals surface area contributed by atoms with E-state index in [9.17, 15) is 14.0 Å². The third-order valence-electron chi connectivity index (χ3n) is 6.77. The van der Waals surface area contributed by atoms with Crippen molar-refractivity contribution in [3.63, 3.8) is 0 Å². The Morgan fingerprint density at radius 2 is 1.88 bits per heavy atom. The van der Waals surface area contributed by atoms with Gasteiger partial charge in [0, 0.05) is 31.1 Å². The van der Waals surface area contributed by atoms with E-state index in [0.717, 1.165) is 36.0 Å². The van der Waals surface area contributed by atoms with Gasteiger partial charge in [-0.1, -0.05) is 32.0 Å². The molecule has 0 radical (unpaired) electrons. The normalized spacial score (nSPS) is 18.8. The molecule has 0 aliphatic carbocycles. The lowest BCUT2D eigenvalue weighted by atomic mass is 10.0. The number of para-hydroxylation sites is 1. The van der Waals surface area contributed by atoms with E-state index in [1.807, 2.05) is 23.1 Å². The molecular weight excluding hydrogens is 421 g/mol. The zero-order chi connectivity index (χ0) is 23.1. The van der Waals surface area contributed by atoms with Crippen LogP contribution in [-0.4, -0.2) is 63.7 Å². The first-order valence-electron chi connectivity index (χ1n) is 11.5. The molecule has 2 aliphatic heterocycles. The Morgan fingerprint density at radius 1 is 1.09 bits per heavy atom. The summed E-state index contributed by atoms with van der Waals surface area (Å²) in [5, 5.41) is 5.16. The van der Waals surface area contributed by atoms with E-state index in [4.69, 9.17) is 0 Å². The Bertz CT molecular complexity index is 1210. The van der Waals surface area contributed by atoms with Crippen molar-refractivity contribution in [3.8, 4) is 5.69 Å². The highest BCUT2D eigenvalue weighted by Crippen LogP contribution is 2.31. The number of likely N-dealkylation sites (tertiary alicyclic amines) is 1. The topological polar surface area (TPSA) is 61.7 Å². The number of hydrogen-bond donors (Lipinski definition) is 0. The number of carbonyl (C=O) groups is 2. The molecule has 1 atom stereocenters. The molecule has 3 heterocycles. The number of halogens is 1. The number of hydrogen-bond acceptors (Lipinski definition) is 3. The summed E-state index contributed by atoms with van der Waals surface area (Å²) in [6.07, 6.45) is 3.70. The molecule has 172 valence electrons. The Labute approximate surface area is 192 Å². The number of nitrogens with zero attached hydrogens (tertiary/aromatic N) is 5. The van der Waals surface area contributed by atoms with E-state index in [2.05, 4.69) is 18.9 Å². The van der Waals surface area contributed by atoms with Gasteiger partial charge < -0.3 is 9.80 Å². The van der Waals surface area contributed by atoms with Gasteiger partial charge in [-0.2, -0.15) is 5.10 Å². The molecule has 3 aromatic rings. The zero-order valence-corrected chi connectivity index (χ0v) is 18.9. The minimum atomic E-state index is -0.364. The molecule has 3 amide bonds. The van der Waals surface area contributed by atoms with Crippen molar-refractivity contribution < 1.29 is 14.0 Å². The van der Waals surface area contributed by atoms with Gasteiger partial charge in [0.2, 0.25) is 5.91 Å². The van der Waals surface area contributed by atoms with E-state index in [-0.39, 0.29) is 30.3 Å². The van der Waals surface area contributed by atoms with E-state index < -0.39 is 0 Å². The standard InChI is InChI=1S/C25H28FN5O2/c1-17(2)20-11-6-12-29(20)24(32)16-28-13-14-30(25(28)33)21-9-5-10-22-18(21)15-27-31(22)23-8-4-3-7-19(23)26/h3-5,7-10,15,17,20H,6,11-14,16H2,1-2H3/t20-/m0/s1. The molecule has 8 heteroatoms. The van der Waals surface area contributed by atoms with Crippen LogP contribution in [0.2, 0.25) is 0 Å². The highest BCUT2D eigenvalue weighted by atomic mass is 19.1. The van der Waals surface area contributed by atoms with E-state index in [1.54, 1.807) is 38.9 Å². The molecule has 2 aliphatic rings. The number of rotatable bonds is 5. The van der Waals surface area contributed by atoms with Crippen LogP contribution in [0, 0.1) is 11.7 Å². The number of urea groups is 1. The van der Waals surface area contributed by atoms with E-state index in [0.29, 0.717) is 24.7 Å². The molecule has 0 saturated carbocycles. The summed E-state index contributed by atoms with van der Waals surface area (Å²) in [6, 6.07) is 12.1. The number of amides is 3. The Hall–Kier alpha value is -3.42. The van der Waals surface area contributed by atoms with Crippen molar-refractivity contribution in [2.75, 3.05) is 31.1 Å². The molecule has 0 N–H and O–H groups in total. The minimum Gasteiger partial charge on any atom is -0.338 e. The average Bonchev–Trinajstić information content (AvgIpc) is 3.53. The molecule has 2 aromatic carbocycles. The first-order chi connectivity index (χ1) is 16.0. The van der Waals surface area contributed by atoms with Crippen molar-refractivity contribution in [2.24, 2.45) is 5.92 Å². The maximum absolute atomic E-state index is 14.4. The average molecular weight is 450 g/mol. The first kappa shape index (κ1) is 21.4. The number of carbonyl (C=O) groups excluding carboxylic acids is 2. The monoisotopic (exact) mass is 449 g/mol. The van der Waals surface area contributed by atoms with Crippen LogP contribution in [0.4, 0.5) is 14.9 Å². The molecule has 2 fully saturated rings. The predicted octanol–water partition coefficient (Wildman–Crippen LogP) is 4.05. The summed E-state index contributed by atoms with van der Waals surface area (Å²) in [4.78, 5) is 31.5. The van der Waals surface area contributed by atoms with Crippen LogP contribution in [0.1, 0.15) is 26.7 Å². The minimum absolute atomic E-state index is 0.0204. The van der Waals surface area contributed by atoms with Crippen LogP contribution in [0.15, 0.2) is 48.7 Å². The third-order valence-corrected chi connectivity index (χ3v) is 6.77. The molecule has 1 aromatic heterocycles. The Kier molecular flexibility index (Phi) is 5.52. The summed E-state index contributed by atoms with van der Waals surface area (Å²) < 4.78 is 15.9. The molecule has 5 rings (SSSR count). The number of fused-ring (bicyclic) bond motifs is 1. The SMILES string of the molecule is CC(C)[C@@H]1CCCN1C(=O)CN1CCN(c2cccc3c2cnn3-c2ccccc2F)C1=O. The van der Waals surface area contributed by atoms with Gasteiger partial charge in [-0.25, -0.2) is 13.9 Å². The predicted molar refractivity (Wildman–Crippen MR) is 125 cm³/mol. The van der Waals surface area contributed by atoms with Crippen LogP contribution < -0.4 is 4.90 Å². The Morgan fingerprint density at radius 3 is 2.67 bits per heavy atom. The molecule has 33 heavy (non-hydrogen) atoms. The van der Waals surface area contributed by atoms with E-state index >= 15 is 0 Å². The van der Waals surface area contributed by atoms with Gasteiger partial charge in [-0.05, 0) is 43.0 Å². The summed E-state index contributed by atoms with van der Waals surface area (Å²) >= 11 is 0. The van der Waals surface area contributed by atoms with Crippen molar-refractivity contribution in [1.29, 1.82) is 0 Å². The lowest BCUT2D eigenvalue weighted by Crippen LogP contribution is -2.45. The zero-order valence-electron chi connectivity index (χ0n) is 18.9. The summed E-state index contributed by atoms with van der Waals surface area (Å²) in [6.45, 7) is 6.12. The molecular formula is C25H28FN5O2. The van der Waals surface area contributed by atoms with Crippen LogP contribution >= 0.6 is 0 Å². The first-order valence-corrected chi connectivity index (χ1v) is 11.5. The van der Waals surface area contributed by atoms with E-state index in [1.165, 1.54) is 6.07 Å². The maximum Gasteiger partial charge on any atom is 0.325 e. The fraction of sp³-hybridized carbons (Fsp3) is 0.400. The van der Waals surface area contributed by atoms with Crippen LogP contribution in [0.3, 0.4) is 0 Å². The summed E-state index contributed by atoms with van der Waals surface area (Å²) in [5.41, 5.74) is 1.79. The van der Waals surface area contributed by atoms with Gasteiger partial charge >= 0.3 is 6.03 Å². The smallest absolute Gasteiger partial charge is 0.325 e. The second-order valence-corrected chi connectivity index (χ2v) is 9.11. The molecule has 2 saturated heterocycles. The largest absolute Gasteiger partial charge is 0.338 e. The van der Waals surface area contributed by atoms with Gasteiger partial charge in [0.05, 0.1) is 17.4 Å². The van der Waals surface area contributed by atoms with Crippen molar-refractivity contribution in [3.05, 3.63) is 54.5 Å². The molecule has 0 bridgehead atoms. The maximum atomic E-state index is 14.4. The lowest BCUT2D eigenvalue weighted by molar-refractivity contribution is -0.133. The fourth-order valence-corrected chi connectivity index (χ4v) is 5.09. The second-order valence-electron chi connectivity index (χ2n) is 9.11. The van der Waals surface area contributed by atoms with Gasteiger partial charge in [0.1, 0.15) is 18.0 Å². The van der Waals surface area contributed by atoms with Gasteiger partial charge in [0.25, 0.3) is 0 Å². The fourth-order valence-electron chi connectivity index (χ4n) is 5.09. The van der Waals surface area contributed by atoms with Gasteiger partial charge in [-0.15, -0.1) is 0 Å². The highest BCUT2D eigenvalue weighted by Gasteiger charge is 2.36. The molecule has 0 spiro atoms.